The smallest absolute Gasteiger partial charge is 0.262 e. The summed E-state index contributed by atoms with van der Waals surface area (Å²) in [5, 5.41) is 14.9. The molecule has 0 aliphatic carbocycles. The molecule has 0 saturated carbocycles. The highest BCUT2D eigenvalue weighted by Gasteiger charge is 2.16. The molecule has 1 amide bonds. The Bertz CT molecular complexity index is 1350. The first-order valence-corrected chi connectivity index (χ1v) is 10.6. The molecule has 0 spiro atoms. The van der Waals surface area contributed by atoms with E-state index in [1.165, 1.54) is 5.39 Å². The Morgan fingerprint density at radius 3 is 2.44 bits per heavy atom. The average molecular weight is 420 g/mol. The lowest BCUT2D eigenvalue weighted by Gasteiger charge is -2.14. The van der Waals surface area contributed by atoms with Crippen LogP contribution in [0.15, 0.2) is 84.4 Å². The van der Waals surface area contributed by atoms with Gasteiger partial charge in [0.1, 0.15) is 11.6 Å². The van der Waals surface area contributed by atoms with Crippen molar-refractivity contribution in [3.8, 4) is 11.8 Å². The molecule has 1 heterocycles. The molecular formula is C28H25N3O. The number of amides is 1. The molecule has 4 heteroatoms. The van der Waals surface area contributed by atoms with Gasteiger partial charge in [-0.25, -0.2) is 0 Å². The third-order valence-electron chi connectivity index (χ3n) is 5.79. The van der Waals surface area contributed by atoms with Crippen molar-refractivity contribution in [3.05, 3.63) is 107 Å². The molecule has 4 rings (SSSR count). The van der Waals surface area contributed by atoms with Crippen LogP contribution in [0.1, 0.15) is 35.5 Å². The van der Waals surface area contributed by atoms with Crippen LogP contribution in [0.25, 0.3) is 22.5 Å². The normalized spacial score (nSPS) is 12.4. The highest BCUT2D eigenvalue weighted by Crippen LogP contribution is 2.28. The van der Waals surface area contributed by atoms with Crippen LogP contribution in [-0.4, -0.2) is 10.5 Å². The quantitative estimate of drug-likeness (QED) is 0.317. The lowest BCUT2D eigenvalue weighted by atomic mass is 10.1. The fourth-order valence-corrected chi connectivity index (χ4v) is 4.11. The summed E-state index contributed by atoms with van der Waals surface area (Å²) < 4.78 is 2.17. The first-order valence-electron chi connectivity index (χ1n) is 10.6. The fraction of sp³-hybridized carbons (Fsp3) is 0.143. The number of benzene rings is 3. The van der Waals surface area contributed by atoms with E-state index in [-0.39, 0.29) is 17.5 Å². The van der Waals surface area contributed by atoms with E-state index in [1.54, 1.807) is 6.08 Å². The number of hydrogen-bond acceptors (Lipinski definition) is 2. The van der Waals surface area contributed by atoms with Crippen LogP contribution in [0.5, 0.6) is 0 Å². The Morgan fingerprint density at radius 2 is 1.69 bits per heavy atom. The highest BCUT2D eigenvalue weighted by molar-refractivity contribution is 6.02. The highest BCUT2D eigenvalue weighted by atomic mass is 16.1. The van der Waals surface area contributed by atoms with Crippen molar-refractivity contribution in [2.24, 2.45) is 0 Å². The van der Waals surface area contributed by atoms with E-state index in [0.29, 0.717) is 0 Å². The van der Waals surface area contributed by atoms with Gasteiger partial charge in [-0.3, -0.25) is 4.79 Å². The predicted molar refractivity (Wildman–Crippen MR) is 129 cm³/mol. The summed E-state index contributed by atoms with van der Waals surface area (Å²) >= 11 is 0. The van der Waals surface area contributed by atoms with Gasteiger partial charge in [-0.1, -0.05) is 66.7 Å². The summed E-state index contributed by atoms with van der Waals surface area (Å²) in [6.45, 7) is 5.96. The lowest BCUT2D eigenvalue weighted by molar-refractivity contribution is -0.117. The zero-order valence-electron chi connectivity index (χ0n) is 18.5. The van der Waals surface area contributed by atoms with Gasteiger partial charge < -0.3 is 9.88 Å². The van der Waals surface area contributed by atoms with Crippen LogP contribution in [0.3, 0.4) is 0 Å². The number of hydrogen-bond donors (Lipinski definition) is 1. The van der Waals surface area contributed by atoms with Crippen molar-refractivity contribution in [2.75, 3.05) is 0 Å². The molecule has 158 valence electrons. The minimum Gasteiger partial charge on any atom is -0.345 e. The van der Waals surface area contributed by atoms with Crippen LogP contribution in [-0.2, 0) is 4.79 Å². The molecular weight excluding hydrogens is 394 g/mol. The molecule has 0 bridgehead atoms. The second kappa shape index (κ2) is 8.95. The molecule has 0 aliphatic rings. The van der Waals surface area contributed by atoms with E-state index in [4.69, 9.17) is 0 Å². The van der Waals surface area contributed by atoms with Crippen molar-refractivity contribution in [2.45, 2.75) is 26.8 Å². The van der Waals surface area contributed by atoms with Crippen molar-refractivity contribution >= 4 is 22.8 Å². The Hall–Kier alpha value is -4.10. The molecule has 1 atom stereocenters. The molecule has 3 aromatic carbocycles. The van der Waals surface area contributed by atoms with Gasteiger partial charge in [-0.05, 0) is 55.5 Å². The van der Waals surface area contributed by atoms with Gasteiger partial charge in [-0.15, -0.1) is 0 Å². The second-order valence-corrected chi connectivity index (χ2v) is 7.94. The van der Waals surface area contributed by atoms with Gasteiger partial charge in [-0.2, -0.15) is 5.26 Å². The van der Waals surface area contributed by atoms with E-state index in [9.17, 15) is 10.1 Å². The maximum atomic E-state index is 12.8. The fourth-order valence-electron chi connectivity index (χ4n) is 4.11. The van der Waals surface area contributed by atoms with E-state index < -0.39 is 0 Å². The number of carbonyl (C=O) groups excluding carboxylic acids is 1. The van der Waals surface area contributed by atoms with Gasteiger partial charge in [0.15, 0.2) is 0 Å². The number of nitrogens with one attached hydrogen (secondary N) is 1. The lowest BCUT2D eigenvalue weighted by Crippen LogP contribution is -2.27. The van der Waals surface area contributed by atoms with Crippen LogP contribution in [0, 0.1) is 25.2 Å². The summed E-state index contributed by atoms with van der Waals surface area (Å²) in [6, 6.07) is 28.1. The number of aryl methyl sites for hydroxylation is 1. The van der Waals surface area contributed by atoms with Gasteiger partial charge in [0.25, 0.3) is 5.91 Å². The number of fused-ring (bicyclic) bond motifs is 1. The second-order valence-electron chi connectivity index (χ2n) is 7.94. The third-order valence-corrected chi connectivity index (χ3v) is 5.79. The number of nitriles is 1. The van der Waals surface area contributed by atoms with Crippen molar-refractivity contribution in [3.63, 3.8) is 0 Å². The topological polar surface area (TPSA) is 57.8 Å². The van der Waals surface area contributed by atoms with Crippen molar-refractivity contribution in [1.82, 2.24) is 9.88 Å². The van der Waals surface area contributed by atoms with E-state index in [1.807, 2.05) is 75.4 Å². The minimum atomic E-state index is -0.376. The van der Waals surface area contributed by atoms with Crippen LogP contribution >= 0.6 is 0 Å². The molecule has 1 aromatic heterocycles. The first kappa shape index (κ1) is 21.1. The monoisotopic (exact) mass is 419 g/mol. The molecule has 4 aromatic rings. The van der Waals surface area contributed by atoms with Crippen molar-refractivity contribution in [1.29, 1.82) is 5.26 Å². The van der Waals surface area contributed by atoms with E-state index in [2.05, 4.69) is 40.2 Å². The zero-order chi connectivity index (χ0) is 22.7. The van der Waals surface area contributed by atoms with Gasteiger partial charge in [0.05, 0.1) is 11.7 Å². The van der Waals surface area contributed by atoms with Crippen LogP contribution in [0.4, 0.5) is 0 Å². The summed E-state index contributed by atoms with van der Waals surface area (Å²) in [4.78, 5) is 12.8. The van der Waals surface area contributed by atoms with Crippen LogP contribution < -0.4 is 5.32 Å². The molecule has 32 heavy (non-hydrogen) atoms. The standard InChI is InChI=1S/C28H25N3O/c1-19-16-24(17-25(18-29)28(32)30-20(2)22-10-5-4-6-11-22)21(3)31(19)27-15-9-13-23-12-7-8-14-26(23)27/h4-17,20H,1-3H3,(H,30,32)/b25-17-/t20-/m1/s1. The molecule has 0 aliphatic heterocycles. The molecule has 0 saturated heterocycles. The maximum absolute atomic E-state index is 12.8. The summed E-state index contributed by atoms with van der Waals surface area (Å²) in [7, 11) is 0. The van der Waals surface area contributed by atoms with Crippen molar-refractivity contribution < 1.29 is 4.79 Å². The Kier molecular flexibility index (Phi) is 5.91. The Labute approximate surface area is 188 Å². The summed E-state index contributed by atoms with van der Waals surface area (Å²) in [6.07, 6.45) is 1.68. The van der Waals surface area contributed by atoms with Gasteiger partial charge in [0.2, 0.25) is 0 Å². The third kappa shape index (κ3) is 4.06. The zero-order valence-corrected chi connectivity index (χ0v) is 18.5. The summed E-state index contributed by atoms with van der Waals surface area (Å²) in [5.41, 5.74) is 5.04. The number of aromatic nitrogens is 1. The number of rotatable bonds is 5. The first-order chi connectivity index (χ1) is 15.5. The molecule has 1 N–H and O–H groups in total. The van der Waals surface area contributed by atoms with Gasteiger partial charge >= 0.3 is 0 Å². The summed E-state index contributed by atoms with van der Waals surface area (Å²) in [5.74, 6) is -0.376. The van der Waals surface area contributed by atoms with E-state index in [0.717, 1.165) is 33.6 Å². The number of nitrogens with zero attached hydrogens (tertiary/aromatic N) is 2. The molecule has 0 unspecified atom stereocenters. The maximum Gasteiger partial charge on any atom is 0.262 e. The van der Waals surface area contributed by atoms with Crippen LogP contribution in [0.2, 0.25) is 0 Å². The SMILES string of the molecule is Cc1cc(/C=C(/C#N)C(=O)N[C@H](C)c2ccccc2)c(C)n1-c1cccc2ccccc12. The minimum absolute atomic E-state index is 0.0888. The molecule has 4 nitrogen and oxygen atoms in total. The Morgan fingerprint density at radius 1 is 1.00 bits per heavy atom. The largest absolute Gasteiger partial charge is 0.345 e. The van der Waals surface area contributed by atoms with E-state index >= 15 is 0 Å². The average Bonchev–Trinajstić information content (AvgIpc) is 3.10. The Balaban J connectivity index is 1.68. The van der Waals surface area contributed by atoms with Gasteiger partial charge in [0, 0.05) is 16.8 Å². The molecule has 0 fully saturated rings. The number of carbonyl (C=O) groups is 1. The predicted octanol–water partition coefficient (Wildman–Crippen LogP) is 6.03. The molecule has 0 radical (unpaired) electrons.